The van der Waals surface area contributed by atoms with Crippen LogP contribution in [0.5, 0.6) is 0 Å². The van der Waals surface area contributed by atoms with E-state index in [4.69, 9.17) is 0 Å². The number of H-pyrrole nitrogens is 1. The van der Waals surface area contributed by atoms with Gasteiger partial charge in [0.2, 0.25) is 0 Å². The van der Waals surface area contributed by atoms with Crippen LogP contribution in [0.3, 0.4) is 0 Å². The Morgan fingerprint density at radius 3 is 3.06 bits per heavy atom. The molecule has 16 heavy (non-hydrogen) atoms. The minimum Gasteiger partial charge on any atom is -0.342 e. The van der Waals surface area contributed by atoms with Gasteiger partial charge in [0.1, 0.15) is 11.8 Å². The SMILES string of the molecule is c1csc(CCc2ncnc3nc[nH]c23)c1. The van der Waals surface area contributed by atoms with Crippen LogP contribution in [0.25, 0.3) is 11.2 Å². The molecule has 0 fully saturated rings. The van der Waals surface area contributed by atoms with E-state index in [0.29, 0.717) is 0 Å². The van der Waals surface area contributed by atoms with E-state index in [-0.39, 0.29) is 0 Å². The summed E-state index contributed by atoms with van der Waals surface area (Å²) in [5.74, 6) is 0. The highest BCUT2D eigenvalue weighted by molar-refractivity contribution is 7.09. The Hall–Kier alpha value is -1.75. The molecule has 80 valence electrons. The number of aromatic amines is 1. The summed E-state index contributed by atoms with van der Waals surface area (Å²) >= 11 is 1.78. The Bertz CT molecular complexity index is 585. The van der Waals surface area contributed by atoms with Crippen LogP contribution in [0, 0.1) is 0 Å². The lowest BCUT2D eigenvalue weighted by molar-refractivity contribution is 0.927. The average Bonchev–Trinajstić information content (AvgIpc) is 2.97. The highest BCUT2D eigenvalue weighted by Crippen LogP contribution is 2.15. The standard InChI is InChI=1S/C11H10N4S/c1-2-8(16-5-1)3-4-9-10-11(14-6-12-9)15-7-13-10/h1-2,5-7H,3-4H2,(H,12,13,14,15). The molecule has 0 aliphatic heterocycles. The largest absolute Gasteiger partial charge is 0.342 e. The van der Waals surface area contributed by atoms with Gasteiger partial charge in [-0.05, 0) is 24.3 Å². The van der Waals surface area contributed by atoms with E-state index in [9.17, 15) is 0 Å². The molecule has 0 saturated carbocycles. The molecule has 3 rings (SSSR count). The summed E-state index contributed by atoms with van der Waals surface area (Å²) in [6.07, 6.45) is 5.17. The van der Waals surface area contributed by atoms with E-state index in [0.717, 1.165) is 29.7 Å². The van der Waals surface area contributed by atoms with Crippen LogP contribution >= 0.6 is 11.3 Å². The average molecular weight is 230 g/mol. The van der Waals surface area contributed by atoms with E-state index in [1.165, 1.54) is 4.88 Å². The lowest BCUT2D eigenvalue weighted by atomic mass is 10.2. The molecule has 0 radical (unpaired) electrons. The molecular formula is C11H10N4S. The van der Waals surface area contributed by atoms with Gasteiger partial charge >= 0.3 is 0 Å². The van der Waals surface area contributed by atoms with Crippen molar-refractivity contribution < 1.29 is 0 Å². The number of fused-ring (bicyclic) bond motifs is 1. The number of nitrogens with zero attached hydrogens (tertiary/aromatic N) is 3. The van der Waals surface area contributed by atoms with Crippen molar-refractivity contribution in [2.75, 3.05) is 0 Å². The first-order valence-corrected chi connectivity index (χ1v) is 5.97. The van der Waals surface area contributed by atoms with Crippen LogP contribution < -0.4 is 0 Å². The van der Waals surface area contributed by atoms with Crippen molar-refractivity contribution in [1.29, 1.82) is 0 Å². The highest BCUT2D eigenvalue weighted by atomic mass is 32.1. The molecule has 1 N–H and O–H groups in total. The Morgan fingerprint density at radius 2 is 2.19 bits per heavy atom. The molecule has 5 heteroatoms. The molecule has 0 aliphatic rings. The summed E-state index contributed by atoms with van der Waals surface area (Å²) in [6.45, 7) is 0. The number of thiophene rings is 1. The minimum absolute atomic E-state index is 0.746. The minimum atomic E-state index is 0.746. The van der Waals surface area contributed by atoms with Gasteiger partial charge in [-0.3, -0.25) is 0 Å². The van der Waals surface area contributed by atoms with Crippen molar-refractivity contribution in [3.8, 4) is 0 Å². The zero-order valence-electron chi connectivity index (χ0n) is 8.55. The first kappa shape index (κ1) is 9.47. The van der Waals surface area contributed by atoms with Crippen LogP contribution in [0.1, 0.15) is 10.6 Å². The Balaban J connectivity index is 1.86. The molecule has 3 heterocycles. The van der Waals surface area contributed by atoms with E-state index < -0.39 is 0 Å². The van der Waals surface area contributed by atoms with E-state index >= 15 is 0 Å². The molecule has 0 aliphatic carbocycles. The summed E-state index contributed by atoms with van der Waals surface area (Å²) in [5.41, 5.74) is 2.74. The highest BCUT2D eigenvalue weighted by Gasteiger charge is 2.05. The predicted octanol–water partition coefficient (Wildman–Crippen LogP) is 2.20. The van der Waals surface area contributed by atoms with Crippen molar-refractivity contribution in [1.82, 2.24) is 19.9 Å². The number of aromatic nitrogens is 4. The van der Waals surface area contributed by atoms with Crippen molar-refractivity contribution in [3.63, 3.8) is 0 Å². The molecule has 0 bridgehead atoms. The maximum absolute atomic E-state index is 4.30. The maximum Gasteiger partial charge on any atom is 0.180 e. The molecule has 0 aromatic carbocycles. The fraction of sp³-hybridized carbons (Fsp3) is 0.182. The van der Waals surface area contributed by atoms with Crippen molar-refractivity contribution in [2.45, 2.75) is 12.8 Å². The summed E-state index contributed by atoms with van der Waals surface area (Å²) in [6, 6.07) is 4.22. The quantitative estimate of drug-likeness (QED) is 0.750. The molecular weight excluding hydrogens is 220 g/mol. The van der Waals surface area contributed by atoms with Crippen LogP contribution in [0.15, 0.2) is 30.2 Å². The van der Waals surface area contributed by atoms with Gasteiger partial charge in [0.15, 0.2) is 5.65 Å². The van der Waals surface area contributed by atoms with E-state index in [2.05, 4.69) is 37.4 Å². The van der Waals surface area contributed by atoms with Crippen molar-refractivity contribution in [3.05, 3.63) is 40.7 Å². The second kappa shape index (κ2) is 4.02. The second-order valence-electron chi connectivity index (χ2n) is 3.50. The fourth-order valence-corrected chi connectivity index (χ4v) is 2.41. The topological polar surface area (TPSA) is 54.5 Å². The van der Waals surface area contributed by atoms with E-state index in [1.54, 1.807) is 24.0 Å². The zero-order valence-corrected chi connectivity index (χ0v) is 9.37. The monoisotopic (exact) mass is 230 g/mol. The van der Waals surface area contributed by atoms with Gasteiger partial charge in [0.25, 0.3) is 0 Å². The van der Waals surface area contributed by atoms with Gasteiger partial charge < -0.3 is 4.98 Å². The van der Waals surface area contributed by atoms with Gasteiger partial charge in [-0.1, -0.05) is 6.07 Å². The fourth-order valence-electron chi connectivity index (χ4n) is 1.70. The van der Waals surface area contributed by atoms with Gasteiger partial charge in [0, 0.05) is 4.88 Å². The first-order valence-electron chi connectivity index (χ1n) is 5.09. The molecule has 3 aromatic rings. The van der Waals surface area contributed by atoms with Crippen LogP contribution in [0.4, 0.5) is 0 Å². The molecule has 0 saturated heterocycles. The normalized spacial score (nSPS) is 11.0. The summed E-state index contributed by atoms with van der Waals surface area (Å²) in [4.78, 5) is 17.0. The Labute approximate surface area is 96.4 Å². The number of nitrogens with one attached hydrogen (secondary N) is 1. The molecule has 0 amide bonds. The summed E-state index contributed by atoms with van der Waals surface area (Å²) in [7, 11) is 0. The second-order valence-corrected chi connectivity index (χ2v) is 4.53. The van der Waals surface area contributed by atoms with Gasteiger partial charge in [0.05, 0.1) is 12.0 Å². The number of imidazole rings is 1. The van der Waals surface area contributed by atoms with Crippen molar-refractivity contribution >= 4 is 22.5 Å². The third kappa shape index (κ3) is 1.69. The summed E-state index contributed by atoms with van der Waals surface area (Å²) in [5, 5.41) is 2.10. The lowest BCUT2D eigenvalue weighted by Crippen LogP contribution is -1.95. The molecule has 0 unspecified atom stereocenters. The summed E-state index contributed by atoms with van der Waals surface area (Å²) < 4.78 is 0. The number of aryl methyl sites for hydroxylation is 2. The smallest absolute Gasteiger partial charge is 0.180 e. The first-order chi connectivity index (χ1) is 7.93. The predicted molar refractivity (Wildman–Crippen MR) is 63.4 cm³/mol. The zero-order chi connectivity index (χ0) is 10.8. The molecule has 0 atom stereocenters. The third-order valence-electron chi connectivity index (χ3n) is 2.49. The molecule has 0 spiro atoms. The van der Waals surface area contributed by atoms with Crippen LogP contribution in [0.2, 0.25) is 0 Å². The molecule has 3 aromatic heterocycles. The number of rotatable bonds is 3. The number of hydrogen-bond acceptors (Lipinski definition) is 4. The molecule has 4 nitrogen and oxygen atoms in total. The van der Waals surface area contributed by atoms with Gasteiger partial charge in [-0.2, -0.15) is 0 Å². The van der Waals surface area contributed by atoms with Crippen molar-refractivity contribution in [2.24, 2.45) is 0 Å². The van der Waals surface area contributed by atoms with Gasteiger partial charge in [-0.15, -0.1) is 11.3 Å². The van der Waals surface area contributed by atoms with E-state index in [1.807, 2.05) is 0 Å². The Morgan fingerprint density at radius 1 is 1.19 bits per heavy atom. The lowest BCUT2D eigenvalue weighted by Gasteiger charge is -1.99. The van der Waals surface area contributed by atoms with Gasteiger partial charge in [-0.25, -0.2) is 15.0 Å². The van der Waals surface area contributed by atoms with Crippen LogP contribution in [-0.2, 0) is 12.8 Å². The van der Waals surface area contributed by atoms with Crippen LogP contribution in [-0.4, -0.2) is 19.9 Å². The number of hydrogen-bond donors (Lipinski definition) is 1. The third-order valence-corrected chi connectivity index (χ3v) is 3.43. The maximum atomic E-state index is 4.30. The Kier molecular flexibility index (Phi) is 2.38.